The zero-order valence-corrected chi connectivity index (χ0v) is 10.4. The van der Waals surface area contributed by atoms with Crippen LogP contribution in [0.3, 0.4) is 0 Å². The summed E-state index contributed by atoms with van der Waals surface area (Å²) in [5.41, 5.74) is -0.887. The van der Waals surface area contributed by atoms with E-state index in [4.69, 9.17) is 11.6 Å². The van der Waals surface area contributed by atoms with Crippen LogP contribution < -0.4 is 0 Å². The van der Waals surface area contributed by atoms with Crippen molar-refractivity contribution in [3.8, 4) is 0 Å². The molecule has 0 aliphatic rings. The van der Waals surface area contributed by atoms with Crippen molar-refractivity contribution in [3.05, 3.63) is 33.5 Å². The Kier molecular flexibility index (Phi) is 3.17. The average Bonchev–Trinajstić information content (AvgIpc) is 2.74. The first-order valence-electron chi connectivity index (χ1n) is 4.36. The van der Waals surface area contributed by atoms with Crippen LogP contribution in [0.25, 0.3) is 0 Å². The molecule has 0 atom stereocenters. The summed E-state index contributed by atoms with van der Waals surface area (Å²) in [7, 11) is 0. The Morgan fingerprint density at radius 2 is 2.18 bits per heavy atom. The van der Waals surface area contributed by atoms with Crippen molar-refractivity contribution >= 4 is 27.5 Å². The summed E-state index contributed by atoms with van der Waals surface area (Å²) in [6.07, 6.45) is -3.68. The summed E-state index contributed by atoms with van der Waals surface area (Å²) in [4.78, 5) is 5.81. The minimum absolute atomic E-state index is 0.0728. The van der Waals surface area contributed by atoms with Crippen molar-refractivity contribution < 1.29 is 13.2 Å². The zero-order valence-electron chi connectivity index (χ0n) is 8.09. The number of hydrogen-bond donors (Lipinski definition) is 1. The van der Waals surface area contributed by atoms with Gasteiger partial charge in [0.05, 0.1) is 6.20 Å². The second-order valence-corrected chi connectivity index (χ2v) is 4.39. The molecule has 0 bridgehead atoms. The number of alkyl halides is 3. The summed E-state index contributed by atoms with van der Waals surface area (Å²) in [5, 5.41) is 4.12. The summed E-state index contributed by atoms with van der Waals surface area (Å²) >= 11 is 8.81. The maximum absolute atomic E-state index is 12.3. The molecule has 1 N–H and O–H groups in total. The Morgan fingerprint density at radius 1 is 1.47 bits per heavy atom. The van der Waals surface area contributed by atoms with E-state index in [1.54, 1.807) is 0 Å². The smallest absolute Gasteiger partial charge is 0.337 e. The lowest BCUT2D eigenvalue weighted by Crippen LogP contribution is -2.07. The lowest BCUT2D eigenvalue weighted by Gasteiger charge is -2.02. The van der Waals surface area contributed by atoms with E-state index in [9.17, 15) is 13.2 Å². The quantitative estimate of drug-likeness (QED) is 0.920. The van der Waals surface area contributed by atoms with Gasteiger partial charge in [0.2, 0.25) is 0 Å². The van der Waals surface area contributed by atoms with Gasteiger partial charge in [0.15, 0.2) is 5.15 Å². The van der Waals surface area contributed by atoms with Crippen molar-refractivity contribution in [1.29, 1.82) is 0 Å². The van der Waals surface area contributed by atoms with Gasteiger partial charge in [0.1, 0.15) is 22.7 Å². The molecule has 0 aliphatic carbocycles. The molecule has 0 unspecified atom stereocenters. The standard InChI is InChI=1S/C8H5BrClF3N4/c9-5-1-6(10)16-17(5)3-7-14-2-4(15-7)8(11,12)13/h1-2H,3H2,(H,14,15). The monoisotopic (exact) mass is 328 g/mol. The van der Waals surface area contributed by atoms with Gasteiger partial charge in [-0.1, -0.05) is 11.6 Å². The topological polar surface area (TPSA) is 46.5 Å². The molecule has 92 valence electrons. The number of nitrogens with zero attached hydrogens (tertiary/aromatic N) is 3. The van der Waals surface area contributed by atoms with Gasteiger partial charge in [-0.25, -0.2) is 9.67 Å². The van der Waals surface area contributed by atoms with E-state index in [1.807, 2.05) is 0 Å². The number of hydrogen-bond acceptors (Lipinski definition) is 2. The van der Waals surface area contributed by atoms with Crippen molar-refractivity contribution in [3.63, 3.8) is 0 Å². The molecule has 2 aromatic heterocycles. The predicted octanol–water partition coefficient (Wildman–Crippen LogP) is 3.09. The summed E-state index contributed by atoms with van der Waals surface area (Å²) < 4.78 is 38.9. The lowest BCUT2D eigenvalue weighted by atomic mass is 10.5. The van der Waals surface area contributed by atoms with Crippen LogP contribution in [0.4, 0.5) is 13.2 Å². The Labute approximate surface area is 107 Å². The molecule has 0 fully saturated rings. The highest BCUT2D eigenvalue weighted by atomic mass is 79.9. The van der Waals surface area contributed by atoms with Crippen LogP contribution in [0, 0.1) is 0 Å². The van der Waals surface area contributed by atoms with Gasteiger partial charge in [-0.2, -0.15) is 18.3 Å². The van der Waals surface area contributed by atoms with Crippen molar-refractivity contribution in [2.75, 3.05) is 0 Å². The molecule has 2 aromatic rings. The molecule has 0 saturated carbocycles. The molecular formula is C8H5BrClF3N4. The zero-order chi connectivity index (χ0) is 12.6. The van der Waals surface area contributed by atoms with Crippen LogP contribution in [0.15, 0.2) is 16.9 Å². The number of aromatic amines is 1. The van der Waals surface area contributed by atoms with Crippen LogP contribution in [0.5, 0.6) is 0 Å². The van der Waals surface area contributed by atoms with E-state index in [0.717, 1.165) is 6.20 Å². The molecule has 2 rings (SSSR count). The molecule has 0 saturated heterocycles. The Morgan fingerprint density at radius 3 is 2.65 bits per heavy atom. The first-order valence-corrected chi connectivity index (χ1v) is 5.53. The second kappa shape index (κ2) is 4.34. The van der Waals surface area contributed by atoms with Crippen LogP contribution in [-0.2, 0) is 12.7 Å². The number of aromatic nitrogens is 4. The Hall–Kier alpha value is -1.02. The summed E-state index contributed by atoms with van der Waals surface area (Å²) in [6, 6.07) is 1.54. The third-order valence-electron chi connectivity index (χ3n) is 1.93. The van der Waals surface area contributed by atoms with E-state index >= 15 is 0 Å². The van der Waals surface area contributed by atoms with Gasteiger partial charge in [-0.15, -0.1) is 0 Å². The minimum atomic E-state index is -4.43. The second-order valence-electron chi connectivity index (χ2n) is 3.19. The van der Waals surface area contributed by atoms with Crippen molar-refractivity contribution in [2.24, 2.45) is 0 Å². The number of halogens is 5. The fourth-order valence-corrected chi connectivity index (χ4v) is 1.95. The molecular weight excluding hydrogens is 324 g/mol. The first kappa shape index (κ1) is 12.4. The summed E-state index contributed by atoms with van der Waals surface area (Å²) in [6.45, 7) is 0.0728. The Balaban J connectivity index is 2.20. The van der Waals surface area contributed by atoms with Gasteiger partial charge in [0, 0.05) is 6.07 Å². The normalized spacial score (nSPS) is 12.1. The minimum Gasteiger partial charge on any atom is -0.337 e. The third kappa shape index (κ3) is 2.81. The maximum Gasteiger partial charge on any atom is 0.432 e. The molecule has 0 aromatic carbocycles. The van der Waals surface area contributed by atoms with Crippen molar-refractivity contribution in [2.45, 2.75) is 12.7 Å². The SMILES string of the molecule is FC(F)(F)c1cnc(Cn2nc(Cl)cc2Br)[nH]1. The number of rotatable bonds is 2. The Bertz CT molecular complexity index is 533. The lowest BCUT2D eigenvalue weighted by molar-refractivity contribution is -0.140. The maximum atomic E-state index is 12.3. The van der Waals surface area contributed by atoms with E-state index in [2.05, 4.69) is 31.0 Å². The predicted molar refractivity (Wildman–Crippen MR) is 57.6 cm³/mol. The molecule has 4 nitrogen and oxygen atoms in total. The molecule has 0 radical (unpaired) electrons. The molecule has 9 heteroatoms. The highest BCUT2D eigenvalue weighted by Crippen LogP contribution is 2.27. The first-order chi connectivity index (χ1) is 7.86. The molecule has 0 amide bonds. The van der Waals surface area contributed by atoms with Gasteiger partial charge in [-0.05, 0) is 15.9 Å². The van der Waals surface area contributed by atoms with E-state index < -0.39 is 11.9 Å². The molecule has 0 aliphatic heterocycles. The van der Waals surface area contributed by atoms with Gasteiger partial charge >= 0.3 is 6.18 Å². The molecule has 0 spiro atoms. The van der Waals surface area contributed by atoms with Crippen LogP contribution in [-0.4, -0.2) is 19.7 Å². The van der Waals surface area contributed by atoms with Gasteiger partial charge in [0.25, 0.3) is 0 Å². The van der Waals surface area contributed by atoms with Gasteiger partial charge in [-0.3, -0.25) is 0 Å². The number of H-pyrrole nitrogens is 1. The van der Waals surface area contributed by atoms with Crippen LogP contribution in [0.1, 0.15) is 11.5 Å². The highest BCUT2D eigenvalue weighted by molar-refractivity contribution is 9.10. The van der Waals surface area contributed by atoms with Gasteiger partial charge < -0.3 is 4.98 Å². The average molecular weight is 330 g/mol. The number of nitrogens with one attached hydrogen (secondary N) is 1. The molecule has 2 heterocycles. The van der Waals surface area contributed by atoms with Crippen LogP contribution >= 0.6 is 27.5 Å². The van der Waals surface area contributed by atoms with E-state index in [-0.39, 0.29) is 17.5 Å². The number of imidazole rings is 1. The van der Waals surface area contributed by atoms with Crippen molar-refractivity contribution in [1.82, 2.24) is 19.7 Å². The highest BCUT2D eigenvalue weighted by Gasteiger charge is 2.32. The van der Waals surface area contributed by atoms with E-state index in [1.165, 1.54) is 10.7 Å². The van der Waals surface area contributed by atoms with Crippen LogP contribution in [0.2, 0.25) is 5.15 Å². The van der Waals surface area contributed by atoms with E-state index in [0.29, 0.717) is 4.60 Å². The largest absolute Gasteiger partial charge is 0.432 e. The summed E-state index contributed by atoms with van der Waals surface area (Å²) in [5.74, 6) is 0.151. The third-order valence-corrected chi connectivity index (χ3v) is 2.76. The fourth-order valence-electron chi connectivity index (χ4n) is 1.20. The molecule has 17 heavy (non-hydrogen) atoms. The fraction of sp³-hybridized carbons (Fsp3) is 0.250.